The van der Waals surface area contributed by atoms with E-state index in [-0.39, 0.29) is 5.56 Å². The molecule has 2 aliphatic carbocycles. The molecule has 39 heavy (non-hydrogen) atoms. The highest BCUT2D eigenvalue weighted by atomic mass is 35.5. The molecule has 2 N–H and O–H groups in total. The van der Waals surface area contributed by atoms with Gasteiger partial charge in [0.1, 0.15) is 22.7 Å². The number of nitrogens with one attached hydrogen (secondary N) is 1. The number of carboxylic acid groups (broad SMARTS) is 1. The maximum absolute atomic E-state index is 11.5. The fourth-order valence-electron chi connectivity index (χ4n) is 6.06. The van der Waals surface area contributed by atoms with Gasteiger partial charge in [-0.15, -0.1) is 0 Å². The van der Waals surface area contributed by atoms with Crippen LogP contribution >= 0.6 is 34.5 Å². The molecule has 8 nitrogen and oxygen atoms in total. The molecule has 4 aromatic rings. The normalized spacial score (nSPS) is 22.2. The number of aromatic nitrogens is 2. The summed E-state index contributed by atoms with van der Waals surface area (Å²) in [5.41, 5.74) is 3.43. The number of fused-ring (bicyclic) bond motifs is 3. The first kappa shape index (κ1) is 25.1. The number of aromatic carboxylic acids is 1. The fourth-order valence-corrected chi connectivity index (χ4v) is 7.80. The summed E-state index contributed by atoms with van der Waals surface area (Å²) in [6.45, 7) is 0.645. The van der Waals surface area contributed by atoms with Crippen LogP contribution in [-0.4, -0.2) is 46.5 Å². The average Bonchev–Trinajstić information content (AvgIpc) is 3.54. The van der Waals surface area contributed by atoms with Gasteiger partial charge in [0, 0.05) is 41.7 Å². The molecular weight excluding hydrogens is 559 g/mol. The molecule has 2 unspecified atom stereocenters. The van der Waals surface area contributed by atoms with E-state index in [1.165, 1.54) is 17.4 Å². The minimum Gasteiger partial charge on any atom is -0.494 e. The standard InChI is InChI=1S/C28H26Cl2N4O4S/c1-37-21-7-14(27(35)36)8-22-25(21)32-28(39-22)34-16-9-15(10-17(34)11-16)31-12-18-24(33-38-26(18)13-5-6-13)23-19(29)3-2-4-20(23)30/h2-4,7-8,13,15-17,31H,5-6,9-12H2,1H3,(H,35,36). The highest BCUT2D eigenvalue weighted by molar-refractivity contribution is 7.22. The van der Waals surface area contributed by atoms with Crippen LogP contribution < -0.4 is 15.0 Å². The van der Waals surface area contributed by atoms with Crippen LogP contribution in [0.2, 0.25) is 10.0 Å². The third kappa shape index (κ3) is 4.36. The molecule has 0 amide bonds. The largest absolute Gasteiger partial charge is 0.494 e. The number of anilines is 1. The van der Waals surface area contributed by atoms with Gasteiger partial charge in [-0.05, 0) is 56.4 Å². The van der Waals surface area contributed by atoms with E-state index in [9.17, 15) is 9.90 Å². The van der Waals surface area contributed by atoms with Crippen molar-refractivity contribution >= 4 is 55.9 Å². The van der Waals surface area contributed by atoms with Gasteiger partial charge in [0.05, 0.1) is 27.4 Å². The van der Waals surface area contributed by atoms with Gasteiger partial charge in [-0.2, -0.15) is 0 Å². The third-order valence-electron chi connectivity index (χ3n) is 8.11. The highest BCUT2D eigenvalue weighted by Crippen LogP contribution is 2.48. The second-order valence-corrected chi connectivity index (χ2v) is 12.4. The molecule has 0 spiro atoms. The summed E-state index contributed by atoms with van der Waals surface area (Å²) in [6.07, 6.45) is 5.35. The lowest BCUT2D eigenvalue weighted by Gasteiger charge is -2.55. The smallest absolute Gasteiger partial charge is 0.335 e. The van der Waals surface area contributed by atoms with Crippen LogP contribution in [0, 0.1) is 0 Å². The third-order valence-corrected chi connectivity index (χ3v) is 9.76. The van der Waals surface area contributed by atoms with E-state index >= 15 is 0 Å². The summed E-state index contributed by atoms with van der Waals surface area (Å²) >= 11 is 14.6. The molecule has 2 aliphatic heterocycles. The second kappa shape index (κ2) is 9.66. The van der Waals surface area contributed by atoms with Crippen LogP contribution in [0.15, 0.2) is 34.9 Å². The maximum atomic E-state index is 11.5. The van der Waals surface area contributed by atoms with Gasteiger partial charge in [-0.1, -0.05) is 45.8 Å². The molecule has 4 heterocycles. The van der Waals surface area contributed by atoms with Crippen molar-refractivity contribution in [3.05, 3.63) is 57.3 Å². The molecule has 11 heteroatoms. The average molecular weight is 586 g/mol. The van der Waals surface area contributed by atoms with Crippen molar-refractivity contribution in [2.75, 3.05) is 12.0 Å². The number of rotatable bonds is 8. The van der Waals surface area contributed by atoms with E-state index in [0.717, 1.165) is 64.5 Å². The van der Waals surface area contributed by atoms with Crippen molar-refractivity contribution in [1.82, 2.24) is 15.5 Å². The number of thiazole rings is 1. The topological polar surface area (TPSA) is 101 Å². The van der Waals surface area contributed by atoms with Gasteiger partial charge in [0.2, 0.25) is 0 Å². The minimum atomic E-state index is -0.975. The highest BCUT2D eigenvalue weighted by Gasteiger charge is 2.46. The van der Waals surface area contributed by atoms with E-state index in [1.807, 2.05) is 18.2 Å². The molecule has 4 fully saturated rings. The number of carbonyl (C=O) groups is 1. The first-order valence-electron chi connectivity index (χ1n) is 13.1. The lowest BCUT2D eigenvalue weighted by Crippen LogP contribution is -2.64. The number of carboxylic acids is 1. The van der Waals surface area contributed by atoms with Crippen molar-refractivity contribution in [3.63, 3.8) is 0 Å². The molecular formula is C28H26Cl2N4O4S. The van der Waals surface area contributed by atoms with E-state index in [0.29, 0.717) is 51.9 Å². The summed E-state index contributed by atoms with van der Waals surface area (Å²) in [6, 6.07) is 9.83. The Balaban J connectivity index is 1.09. The SMILES string of the molecule is COc1cc(C(=O)O)cc2sc(N3C4CC(NCc5c(-c6c(Cl)cccc6Cl)noc5C5CC5)CC3C4)nc12. The number of hydrogen-bond donors (Lipinski definition) is 2. The fraction of sp³-hybridized carbons (Fsp3) is 0.393. The monoisotopic (exact) mass is 584 g/mol. The molecule has 202 valence electrons. The van der Waals surface area contributed by atoms with Crippen molar-refractivity contribution in [3.8, 4) is 17.0 Å². The van der Waals surface area contributed by atoms with E-state index < -0.39 is 5.97 Å². The van der Waals surface area contributed by atoms with Gasteiger partial charge in [0.15, 0.2) is 5.13 Å². The quantitative estimate of drug-likeness (QED) is 0.235. The Morgan fingerprint density at radius 3 is 2.62 bits per heavy atom. The van der Waals surface area contributed by atoms with E-state index in [2.05, 4.69) is 15.4 Å². The lowest BCUT2D eigenvalue weighted by molar-refractivity contribution is 0.0696. The summed E-state index contributed by atoms with van der Waals surface area (Å²) in [5.74, 6) is 0.877. The maximum Gasteiger partial charge on any atom is 0.335 e. The summed E-state index contributed by atoms with van der Waals surface area (Å²) in [5, 5.41) is 19.7. The Bertz CT molecular complexity index is 1570. The zero-order chi connectivity index (χ0) is 26.8. The Morgan fingerprint density at radius 2 is 1.95 bits per heavy atom. The molecule has 2 saturated carbocycles. The molecule has 8 rings (SSSR count). The summed E-state index contributed by atoms with van der Waals surface area (Å²) in [7, 11) is 1.54. The van der Waals surface area contributed by atoms with Crippen LogP contribution in [-0.2, 0) is 6.54 Å². The van der Waals surface area contributed by atoms with Crippen molar-refractivity contribution < 1.29 is 19.2 Å². The van der Waals surface area contributed by atoms with Crippen LogP contribution in [0.3, 0.4) is 0 Å². The predicted octanol–water partition coefficient (Wildman–Crippen LogP) is 6.74. The molecule has 0 radical (unpaired) electrons. The molecule has 2 aromatic heterocycles. The summed E-state index contributed by atoms with van der Waals surface area (Å²) in [4.78, 5) is 18.8. The Morgan fingerprint density at radius 1 is 1.21 bits per heavy atom. The number of hydrogen-bond acceptors (Lipinski definition) is 8. The Hall–Kier alpha value is -2.85. The van der Waals surface area contributed by atoms with Gasteiger partial charge in [-0.25, -0.2) is 9.78 Å². The van der Waals surface area contributed by atoms with Gasteiger partial charge < -0.3 is 24.6 Å². The van der Waals surface area contributed by atoms with Gasteiger partial charge in [0.25, 0.3) is 0 Å². The minimum absolute atomic E-state index is 0.208. The van der Waals surface area contributed by atoms with Crippen LogP contribution in [0.1, 0.15) is 59.7 Å². The zero-order valence-electron chi connectivity index (χ0n) is 21.1. The number of methoxy groups -OCH3 is 1. The first-order chi connectivity index (χ1) is 18.9. The molecule has 2 atom stereocenters. The predicted molar refractivity (Wildman–Crippen MR) is 152 cm³/mol. The number of halogens is 2. The van der Waals surface area contributed by atoms with Crippen molar-refractivity contribution in [2.45, 2.75) is 62.7 Å². The second-order valence-electron chi connectivity index (χ2n) is 10.6. The van der Waals surface area contributed by atoms with E-state index in [1.54, 1.807) is 13.2 Å². The van der Waals surface area contributed by atoms with E-state index in [4.69, 9.17) is 37.4 Å². The molecule has 4 aliphatic rings. The number of nitrogens with zero attached hydrogens (tertiary/aromatic N) is 3. The first-order valence-corrected chi connectivity index (χ1v) is 14.6. The van der Waals surface area contributed by atoms with Gasteiger partial charge >= 0.3 is 5.97 Å². The zero-order valence-corrected chi connectivity index (χ0v) is 23.4. The Kier molecular flexibility index (Phi) is 6.23. The number of piperidine rings is 1. The van der Waals surface area contributed by atoms with Crippen molar-refractivity contribution in [2.24, 2.45) is 0 Å². The number of ether oxygens (including phenoxy) is 1. The summed E-state index contributed by atoms with van der Waals surface area (Å²) < 4.78 is 12.1. The number of benzene rings is 2. The molecule has 2 bridgehead atoms. The Labute approximate surface area is 238 Å². The van der Waals surface area contributed by atoms with Crippen LogP contribution in [0.5, 0.6) is 5.75 Å². The van der Waals surface area contributed by atoms with Crippen LogP contribution in [0.25, 0.3) is 21.5 Å². The van der Waals surface area contributed by atoms with Gasteiger partial charge in [-0.3, -0.25) is 0 Å². The molecule has 2 aromatic carbocycles. The van der Waals surface area contributed by atoms with Crippen LogP contribution in [0.4, 0.5) is 5.13 Å². The van der Waals surface area contributed by atoms with Crippen molar-refractivity contribution in [1.29, 1.82) is 0 Å². The molecule has 2 saturated heterocycles. The lowest BCUT2D eigenvalue weighted by atomic mass is 9.77.